The molecule has 110 valence electrons. The smallest absolute Gasteiger partial charge is 0.209 e. The van der Waals surface area contributed by atoms with Gasteiger partial charge in [0.1, 0.15) is 0 Å². The van der Waals surface area contributed by atoms with E-state index in [1.165, 1.54) is 11.8 Å². The fraction of sp³-hybridized carbons (Fsp3) is 0.0625. The molecule has 0 amide bonds. The first-order valence-electron chi connectivity index (χ1n) is 6.62. The Bertz CT molecular complexity index is 789. The Balaban J connectivity index is 1.65. The number of Topliss-reactive ketones (excluding diaryl/α,β-unsaturated/α-hetero) is 1. The summed E-state index contributed by atoms with van der Waals surface area (Å²) in [4.78, 5) is 16.5. The van der Waals surface area contributed by atoms with Crippen LogP contribution in [0, 0.1) is 0 Å². The number of hydrogen-bond acceptors (Lipinski definition) is 4. The van der Waals surface area contributed by atoms with Gasteiger partial charge in [0.05, 0.1) is 5.75 Å². The van der Waals surface area contributed by atoms with E-state index in [1.807, 2.05) is 48.5 Å². The Hall–Kier alpha value is -1.92. The predicted octanol–water partition coefficient (Wildman–Crippen LogP) is 4.21. The number of aromatic amines is 1. The summed E-state index contributed by atoms with van der Waals surface area (Å²) in [6, 6.07) is 17.1. The number of nitrogens with one attached hydrogen (secondary N) is 1. The van der Waals surface area contributed by atoms with Gasteiger partial charge in [0.15, 0.2) is 11.6 Å². The Morgan fingerprint density at radius 2 is 1.95 bits per heavy atom. The van der Waals surface area contributed by atoms with E-state index in [4.69, 9.17) is 0 Å². The van der Waals surface area contributed by atoms with Gasteiger partial charge in [0.2, 0.25) is 5.16 Å². The molecular formula is C16H12BrN3OS. The van der Waals surface area contributed by atoms with E-state index in [1.54, 1.807) is 6.07 Å². The fourth-order valence-corrected chi connectivity index (χ4v) is 3.00. The minimum atomic E-state index is 0.0531. The van der Waals surface area contributed by atoms with Crippen LogP contribution in [0.3, 0.4) is 0 Å². The van der Waals surface area contributed by atoms with Gasteiger partial charge in [-0.1, -0.05) is 70.2 Å². The van der Waals surface area contributed by atoms with Crippen molar-refractivity contribution in [3.05, 3.63) is 64.6 Å². The molecule has 1 N–H and O–H groups in total. The number of benzene rings is 2. The summed E-state index contributed by atoms with van der Waals surface area (Å²) in [6.07, 6.45) is 0. The molecule has 0 saturated carbocycles. The van der Waals surface area contributed by atoms with Crippen LogP contribution in [0.25, 0.3) is 11.4 Å². The van der Waals surface area contributed by atoms with E-state index >= 15 is 0 Å². The quantitative estimate of drug-likeness (QED) is 0.537. The summed E-state index contributed by atoms with van der Waals surface area (Å²) in [5.41, 5.74) is 1.65. The number of carbonyl (C=O) groups excluding carboxylic acids is 1. The fourth-order valence-electron chi connectivity index (χ4n) is 1.91. The largest absolute Gasteiger partial charge is 0.293 e. The molecule has 0 saturated heterocycles. The molecule has 1 heterocycles. The van der Waals surface area contributed by atoms with Crippen LogP contribution in [-0.2, 0) is 0 Å². The van der Waals surface area contributed by atoms with Crippen molar-refractivity contribution >= 4 is 33.5 Å². The molecule has 4 nitrogen and oxygen atoms in total. The zero-order chi connectivity index (χ0) is 15.4. The summed E-state index contributed by atoms with van der Waals surface area (Å²) in [5.74, 6) is 1.07. The molecule has 22 heavy (non-hydrogen) atoms. The second-order valence-corrected chi connectivity index (χ2v) is 6.41. The standard InChI is InChI=1S/C16H12BrN3OS/c17-13-8-4-7-12(9-13)14(21)10-22-16-18-15(19-20-16)11-5-2-1-3-6-11/h1-9H,10H2,(H,18,19,20). The van der Waals surface area contributed by atoms with Crippen LogP contribution in [0.5, 0.6) is 0 Å². The average molecular weight is 374 g/mol. The lowest BCUT2D eigenvalue weighted by Gasteiger charge is -1.99. The van der Waals surface area contributed by atoms with Crippen LogP contribution >= 0.6 is 27.7 Å². The highest BCUT2D eigenvalue weighted by Crippen LogP contribution is 2.20. The van der Waals surface area contributed by atoms with E-state index in [0.29, 0.717) is 22.3 Å². The van der Waals surface area contributed by atoms with Crippen molar-refractivity contribution in [3.8, 4) is 11.4 Å². The Kier molecular flexibility index (Phi) is 4.70. The number of thioether (sulfide) groups is 1. The highest BCUT2D eigenvalue weighted by atomic mass is 79.9. The van der Waals surface area contributed by atoms with Gasteiger partial charge < -0.3 is 0 Å². The first-order chi connectivity index (χ1) is 10.7. The van der Waals surface area contributed by atoms with Gasteiger partial charge in [-0.2, -0.15) is 0 Å². The highest BCUT2D eigenvalue weighted by Gasteiger charge is 2.10. The molecule has 0 spiro atoms. The van der Waals surface area contributed by atoms with Crippen LogP contribution in [0.1, 0.15) is 10.4 Å². The van der Waals surface area contributed by atoms with Crippen molar-refractivity contribution < 1.29 is 4.79 Å². The lowest BCUT2D eigenvalue weighted by atomic mass is 10.2. The van der Waals surface area contributed by atoms with Crippen LogP contribution in [0.4, 0.5) is 0 Å². The summed E-state index contributed by atoms with van der Waals surface area (Å²) in [7, 11) is 0. The maximum atomic E-state index is 12.1. The number of aromatic nitrogens is 3. The molecule has 1 aromatic heterocycles. The molecule has 0 aliphatic rings. The van der Waals surface area contributed by atoms with Gasteiger partial charge in [-0.25, -0.2) is 4.98 Å². The van der Waals surface area contributed by atoms with Crippen molar-refractivity contribution in [2.45, 2.75) is 5.16 Å². The number of H-pyrrole nitrogens is 1. The van der Waals surface area contributed by atoms with Crippen LogP contribution < -0.4 is 0 Å². The summed E-state index contributed by atoms with van der Waals surface area (Å²) in [5, 5.41) is 7.61. The number of nitrogens with zero attached hydrogens (tertiary/aromatic N) is 2. The molecule has 0 aliphatic heterocycles. The molecule has 0 atom stereocenters. The van der Waals surface area contributed by atoms with E-state index in [9.17, 15) is 4.79 Å². The van der Waals surface area contributed by atoms with Crippen LogP contribution in [0.15, 0.2) is 64.2 Å². The summed E-state index contributed by atoms with van der Waals surface area (Å²) < 4.78 is 0.896. The minimum absolute atomic E-state index is 0.0531. The van der Waals surface area contributed by atoms with Crippen molar-refractivity contribution in [2.24, 2.45) is 0 Å². The predicted molar refractivity (Wildman–Crippen MR) is 91.0 cm³/mol. The van der Waals surface area contributed by atoms with Crippen LogP contribution in [-0.4, -0.2) is 26.7 Å². The Labute approximate surface area is 140 Å². The molecule has 0 radical (unpaired) electrons. The Morgan fingerprint density at radius 1 is 1.14 bits per heavy atom. The van der Waals surface area contributed by atoms with Crippen molar-refractivity contribution in [2.75, 3.05) is 5.75 Å². The van der Waals surface area contributed by atoms with E-state index in [2.05, 4.69) is 31.1 Å². The third-order valence-electron chi connectivity index (χ3n) is 2.99. The molecule has 3 rings (SSSR count). The van der Waals surface area contributed by atoms with Crippen molar-refractivity contribution in [1.82, 2.24) is 15.2 Å². The maximum absolute atomic E-state index is 12.1. The third-order valence-corrected chi connectivity index (χ3v) is 4.33. The van der Waals surface area contributed by atoms with Crippen molar-refractivity contribution in [3.63, 3.8) is 0 Å². The lowest BCUT2D eigenvalue weighted by Crippen LogP contribution is -2.02. The van der Waals surface area contributed by atoms with Gasteiger partial charge >= 0.3 is 0 Å². The zero-order valence-corrected chi connectivity index (χ0v) is 13.9. The molecular weight excluding hydrogens is 362 g/mol. The number of rotatable bonds is 5. The third kappa shape index (κ3) is 3.64. The summed E-state index contributed by atoms with van der Waals surface area (Å²) >= 11 is 4.69. The number of ketones is 1. The number of halogens is 1. The van der Waals surface area contributed by atoms with E-state index < -0.39 is 0 Å². The Morgan fingerprint density at radius 3 is 2.73 bits per heavy atom. The minimum Gasteiger partial charge on any atom is -0.293 e. The number of hydrogen-bond donors (Lipinski definition) is 1. The lowest BCUT2D eigenvalue weighted by molar-refractivity contribution is 0.102. The first-order valence-corrected chi connectivity index (χ1v) is 8.39. The van der Waals surface area contributed by atoms with Crippen LogP contribution in [0.2, 0.25) is 0 Å². The number of carbonyl (C=O) groups is 1. The van der Waals surface area contributed by atoms with Gasteiger partial charge in [-0.3, -0.25) is 9.89 Å². The second kappa shape index (κ2) is 6.89. The van der Waals surface area contributed by atoms with Gasteiger partial charge in [0.25, 0.3) is 0 Å². The molecule has 0 fully saturated rings. The normalized spacial score (nSPS) is 10.6. The molecule has 0 aliphatic carbocycles. The van der Waals surface area contributed by atoms with Gasteiger partial charge in [0, 0.05) is 15.6 Å². The second-order valence-electron chi connectivity index (χ2n) is 4.55. The zero-order valence-electron chi connectivity index (χ0n) is 11.5. The van der Waals surface area contributed by atoms with E-state index in [0.717, 1.165) is 10.0 Å². The SMILES string of the molecule is O=C(CSc1n[nH]c(-c2ccccc2)n1)c1cccc(Br)c1. The monoisotopic (exact) mass is 373 g/mol. The molecule has 2 aromatic carbocycles. The van der Waals surface area contributed by atoms with E-state index in [-0.39, 0.29) is 5.78 Å². The molecule has 3 aromatic rings. The molecule has 0 bridgehead atoms. The first kappa shape index (κ1) is 15.0. The maximum Gasteiger partial charge on any atom is 0.209 e. The topological polar surface area (TPSA) is 58.6 Å². The average Bonchev–Trinajstić information content (AvgIpc) is 3.02. The molecule has 6 heteroatoms. The molecule has 0 unspecified atom stereocenters. The highest BCUT2D eigenvalue weighted by molar-refractivity contribution is 9.10. The van der Waals surface area contributed by atoms with Gasteiger partial charge in [-0.05, 0) is 12.1 Å². The van der Waals surface area contributed by atoms with Crippen molar-refractivity contribution in [1.29, 1.82) is 0 Å². The summed E-state index contributed by atoms with van der Waals surface area (Å²) in [6.45, 7) is 0. The van der Waals surface area contributed by atoms with Gasteiger partial charge in [-0.15, -0.1) is 5.10 Å².